The molecular formula is C9H20N4. The molecule has 0 aromatic heterocycles. The Morgan fingerprint density at radius 3 is 2.38 bits per heavy atom. The van der Waals surface area contributed by atoms with Crippen LogP contribution < -0.4 is 0 Å². The van der Waals surface area contributed by atoms with Gasteiger partial charge >= 0.3 is 0 Å². The average Bonchev–Trinajstić information content (AvgIpc) is 2.11. The van der Waals surface area contributed by atoms with Crippen molar-refractivity contribution in [2.45, 2.75) is 19.9 Å². The van der Waals surface area contributed by atoms with Crippen molar-refractivity contribution in [1.82, 2.24) is 9.91 Å². The number of rotatable bonds is 6. The molecule has 0 aromatic rings. The molecule has 0 saturated heterocycles. The summed E-state index contributed by atoms with van der Waals surface area (Å²) in [5.41, 5.74) is 0. The van der Waals surface area contributed by atoms with E-state index in [2.05, 4.69) is 42.6 Å². The first-order chi connectivity index (χ1) is 6.11. The molecule has 4 heteroatoms. The highest BCUT2D eigenvalue weighted by Crippen LogP contribution is 1.93. The van der Waals surface area contributed by atoms with Crippen molar-refractivity contribution < 1.29 is 0 Å². The summed E-state index contributed by atoms with van der Waals surface area (Å²) in [5, 5.41) is 5.55. The van der Waals surface area contributed by atoms with Gasteiger partial charge in [0.15, 0.2) is 0 Å². The molecule has 0 heterocycles. The molecule has 0 aromatic carbocycles. The van der Waals surface area contributed by atoms with Crippen LogP contribution in [-0.2, 0) is 0 Å². The van der Waals surface area contributed by atoms with E-state index in [9.17, 15) is 0 Å². The molecule has 0 aliphatic rings. The third-order valence-electron chi connectivity index (χ3n) is 1.99. The highest BCUT2D eigenvalue weighted by molar-refractivity contribution is 5.54. The highest BCUT2D eigenvalue weighted by atomic mass is 15.5. The van der Waals surface area contributed by atoms with Crippen molar-refractivity contribution in [2.75, 3.05) is 27.2 Å². The van der Waals surface area contributed by atoms with E-state index in [1.165, 1.54) is 0 Å². The maximum atomic E-state index is 3.88. The van der Waals surface area contributed by atoms with Crippen LogP contribution in [0.3, 0.4) is 0 Å². The maximum Gasteiger partial charge on any atom is 0.106 e. The molecule has 0 bridgehead atoms. The summed E-state index contributed by atoms with van der Waals surface area (Å²) in [6.45, 7) is 9.59. The highest BCUT2D eigenvalue weighted by Gasteiger charge is 2.03. The Balaban J connectivity index is 3.78. The van der Waals surface area contributed by atoms with Gasteiger partial charge in [0.25, 0.3) is 0 Å². The molecule has 0 atom stereocenters. The van der Waals surface area contributed by atoms with E-state index in [1.54, 1.807) is 18.4 Å². The topological polar surface area (TPSA) is 31.2 Å². The van der Waals surface area contributed by atoms with Gasteiger partial charge in [-0.05, 0) is 20.9 Å². The Morgan fingerprint density at radius 1 is 1.38 bits per heavy atom. The van der Waals surface area contributed by atoms with Gasteiger partial charge in [0.1, 0.15) is 6.34 Å². The minimum absolute atomic E-state index is 0.560. The van der Waals surface area contributed by atoms with Gasteiger partial charge in [0.05, 0.1) is 6.54 Å². The molecule has 0 N–H and O–H groups in total. The molecule has 0 aliphatic heterocycles. The molecule has 13 heavy (non-hydrogen) atoms. The fraction of sp³-hybridized carbons (Fsp3) is 0.778. The lowest BCUT2D eigenvalue weighted by Crippen LogP contribution is -2.33. The standard InChI is InChI=1S/C9H20N4/c1-9(2)12(5)6-7-13(11-4)8-10-3/h8-9H,4,6-7H2,1-3,5H3. The molecule has 0 saturated carbocycles. The van der Waals surface area contributed by atoms with Gasteiger partial charge < -0.3 is 4.90 Å². The Bertz CT molecular complexity index is 165. The molecule has 0 aliphatic carbocycles. The average molecular weight is 184 g/mol. The van der Waals surface area contributed by atoms with E-state index >= 15 is 0 Å². The zero-order valence-corrected chi connectivity index (χ0v) is 9.06. The third-order valence-corrected chi connectivity index (χ3v) is 1.99. The van der Waals surface area contributed by atoms with Crippen LogP contribution in [0.1, 0.15) is 13.8 Å². The quantitative estimate of drug-likeness (QED) is 0.349. The molecule has 76 valence electrons. The van der Waals surface area contributed by atoms with Crippen LogP contribution >= 0.6 is 0 Å². The number of hydrogen-bond acceptors (Lipinski definition) is 3. The summed E-state index contributed by atoms with van der Waals surface area (Å²) in [4.78, 5) is 6.13. The predicted molar refractivity (Wildman–Crippen MR) is 58.4 cm³/mol. The van der Waals surface area contributed by atoms with Gasteiger partial charge in [0.2, 0.25) is 0 Å². The summed E-state index contributed by atoms with van der Waals surface area (Å²) >= 11 is 0. The summed E-state index contributed by atoms with van der Waals surface area (Å²) in [5.74, 6) is 0. The summed E-state index contributed by atoms with van der Waals surface area (Å²) < 4.78 is 0. The zero-order chi connectivity index (χ0) is 10.3. The van der Waals surface area contributed by atoms with Gasteiger partial charge in [-0.2, -0.15) is 5.10 Å². The Labute approximate surface area is 80.9 Å². The van der Waals surface area contributed by atoms with E-state index < -0.39 is 0 Å². The lowest BCUT2D eigenvalue weighted by atomic mass is 10.3. The third kappa shape index (κ3) is 5.36. The zero-order valence-electron chi connectivity index (χ0n) is 9.06. The molecule has 4 nitrogen and oxygen atoms in total. The fourth-order valence-electron chi connectivity index (χ4n) is 0.817. The fourth-order valence-corrected chi connectivity index (χ4v) is 0.817. The van der Waals surface area contributed by atoms with Crippen LogP contribution in [0.2, 0.25) is 0 Å². The molecular weight excluding hydrogens is 164 g/mol. The van der Waals surface area contributed by atoms with Crippen molar-refractivity contribution in [2.24, 2.45) is 10.1 Å². The molecule has 0 amide bonds. The van der Waals surface area contributed by atoms with Gasteiger partial charge in [0, 0.05) is 26.4 Å². The van der Waals surface area contributed by atoms with E-state index in [1.807, 2.05) is 0 Å². The van der Waals surface area contributed by atoms with Gasteiger partial charge in [-0.1, -0.05) is 0 Å². The molecule has 0 fully saturated rings. The monoisotopic (exact) mass is 184 g/mol. The second kappa shape index (κ2) is 6.60. The van der Waals surface area contributed by atoms with Crippen molar-refractivity contribution in [3.63, 3.8) is 0 Å². The first kappa shape index (κ1) is 12.1. The van der Waals surface area contributed by atoms with Crippen LogP contribution in [0, 0.1) is 0 Å². The second-order valence-electron chi connectivity index (χ2n) is 3.25. The Morgan fingerprint density at radius 2 is 2.00 bits per heavy atom. The maximum absolute atomic E-state index is 3.88. The van der Waals surface area contributed by atoms with E-state index in [0.717, 1.165) is 13.1 Å². The normalized spacial score (nSPS) is 11.5. The van der Waals surface area contributed by atoms with Crippen molar-refractivity contribution in [3.05, 3.63) is 0 Å². The summed E-state index contributed by atoms with van der Waals surface area (Å²) in [6.07, 6.45) is 1.68. The lowest BCUT2D eigenvalue weighted by Gasteiger charge is -2.23. The number of likely N-dealkylation sites (N-methyl/N-ethyl adjacent to an activating group) is 1. The first-order valence-electron chi connectivity index (χ1n) is 4.47. The Hall–Kier alpha value is -0.900. The number of hydrogen-bond donors (Lipinski definition) is 0. The van der Waals surface area contributed by atoms with Crippen molar-refractivity contribution in [1.29, 1.82) is 0 Å². The van der Waals surface area contributed by atoms with Crippen LogP contribution in [0.4, 0.5) is 0 Å². The van der Waals surface area contributed by atoms with Crippen LogP contribution in [0.15, 0.2) is 10.1 Å². The molecule has 0 radical (unpaired) electrons. The number of aliphatic imine (C=N–C) groups is 1. The second-order valence-corrected chi connectivity index (χ2v) is 3.25. The SMILES string of the molecule is C=NN(C=NC)CCN(C)C(C)C. The Kier molecular flexibility index (Phi) is 6.14. The number of hydrazone groups is 1. The molecule has 0 rings (SSSR count). The number of nitrogens with zero attached hydrogens (tertiary/aromatic N) is 4. The van der Waals surface area contributed by atoms with E-state index in [0.29, 0.717) is 6.04 Å². The first-order valence-corrected chi connectivity index (χ1v) is 4.47. The van der Waals surface area contributed by atoms with Crippen LogP contribution in [0.25, 0.3) is 0 Å². The van der Waals surface area contributed by atoms with Crippen molar-refractivity contribution >= 4 is 13.1 Å². The molecule has 0 spiro atoms. The minimum atomic E-state index is 0.560. The summed E-state index contributed by atoms with van der Waals surface area (Å²) in [7, 11) is 3.82. The van der Waals surface area contributed by atoms with Crippen LogP contribution in [-0.4, -0.2) is 56.2 Å². The van der Waals surface area contributed by atoms with Gasteiger partial charge in [-0.3, -0.25) is 10.0 Å². The van der Waals surface area contributed by atoms with Crippen LogP contribution in [0.5, 0.6) is 0 Å². The largest absolute Gasteiger partial charge is 0.302 e. The molecule has 0 unspecified atom stereocenters. The predicted octanol–water partition coefficient (Wildman–Crippen LogP) is 0.902. The lowest BCUT2D eigenvalue weighted by molar-refractivity contribution is 0.250. The van der Waals surface area contributed by atoms with Crippen molar-refractivity contribution in [3.8, 4) is 0 Å². The minimum Gasteiger partial charge on any atom is -0.302 e. The van der Waals surface area contributed by atoms with Gasteiger partial charge in [-0.15, -0.1) is 0 Å². The van der Waals surface area contributed by atoms with E-state index in [-0.39, 0.29) is 0 Å². The van der Waals surface area contributed by atoms with Gasteiger partial charge in [-0.25, -0.2) is 0 Å². The smallest absolute Gasteiger partial charge is 0.106 e. The van der Waals surface area contributed by atoms with E-state index in [4.69, 9.17) is 0 Å². The summed E-state index contributed by atoms with van der Waals surface area (Å²) in [6, 6.07) is 0.560.